The van der Waals surface area contributed by atoms with Gasteiger partial charge < -0.3 is 35.8 Å². The van der Waals surface area contributed by atoms with Crippen LogP contribution in [0, 0.1) is 51.1 Å². The number of hydrogen-bond acceptors (Lipinski definition) is 23. The molecule has 12 heterocycles. The summed E-state index contributed by atoms with van der Waals surface area (Å²) in [6, 6.07) is 13.2. The van der Waals surface area contributed by atoms with Crippen LogP contribution < -0.4 is 21.3 Å². The van der Waals surface area contributed by atoms with Gasteiger partial charge in [0.15, 0.2) is 48.3 Å². The number of carbonyl (C=O) groups excluding carboxylic acids is 2. The number of rotatable bonds is 20. The molecule has 3 aliphatic rings. The van der Waals surface area contributed by atoms with Gasteiger partial charge in [0.25, 0.3) is 0 Å². The van der Waals surface area contributed by atoms with Crippen LogP contribution in [-0.2, 0) is 61.5 Å². The fraction of sp³-hybridized carbons (Fsp3) is 0.382. The Balaban J connectivity index is 0.000000168. The number of piperidine rings is 3. The van der Waals surface area contributed by atoms with Crippen LogP contribution in [0.15, 0.2) is 108 Å². The van der Waals surface area contributed by atoms with Crippen LogP contribution in [0.25, 0.3) is 0 Å². The van der Waals surface area contributed by atoms with Gasteiger partial charge in [-0.05, 0) is 134 Å². The lowest BCUT2D eigenvalue weighted by molar-refractivity contribution is -0.157. The first-order chi connectivity index (χ1) is 48.9. The summed E-state index contributed by atoms with van der Waals surface area (Å²) in [7, 11) is 2.71. The third-order valence-electron chi connectivity index (χ3n) is 17.8. The Hall–Kier alpha value is -7.59. The van der Waals surface area contributed by atoms with E-state index in [0.717, 1.165) is 0 Å². The van der Waals surface area contributed by atoms with Gasteiger partial charge in [-0.1, -0.05) is 50.7 Å². The first-order valence-corrected chi connectivity index (χ1v) is 36.8. The van der Waals surface area contributed by atoms with Gasteiger partial charge in [-0.3, -0.25) is 24.2 Å². The Labute approximate surface area is 619 Å². The maximum Gasteiger partial charge on any atom is 0.312 e. The smallest absolute Gasteiger partial charge is 0.312 e. The van der Waals surface area contributed by atoms with E-state index in [1.165, 1.54) is 97.2 Å². The third-order valence-corrected chi connectivity index (χ3v) is 21.3. The fourth-order valence-corrected chi connectivity index (χ4v) is 15.1. The number of methoxy groups -OCH3 is 2. The lowest BCUT2D eigenvalue weighted by Crippen LogP contribution is -2.50. The van der Waals surface area contributed by atoms with Gasteiger partial charge in [0.05, 0.1) is 47.5 Å². The summed E-state index contributed by atoms with van der Waals surface area (Å²) < 4.78 is 95.3. The highest BCUT2D eigenvalue weighted by Gasteiger charge is 2.48. The first kappa shape index (κ1) is 78.5. The minimum atomic E-state index is -1.18. The van der Waals surface area contributed by atoms with Gasteiger partial charge in [-0.2, -0.15) is 0 Å². The number of hydrogen-bond donors (Lipinski definition) is 5. The minimum absolute atomic E-state index is 0.0464. The van der Waals surface area contributed by atoms with Gasteiger partial charge in [-0.15, -0.1) is 34.0 Å². The second kappa shape index (κ2) is 36.2. The minimum Gasteiger partial charge on any atom is -0.481 e. The van der Waals surface area contributed by atoms with Crippen molar-refractivity contribution in [3.8, 4) is 0 Å². The molecular weight excluding hydrogens is 1520 g/mol. The summed E-state index contributed by atoms with van der Waals surface area (Å²) in [5, 5.41) is 30.0. The number of aliphatic carboxylic acids is 1. The molecule has 0 bridgehead atoms. The molecule has 3 fully saturated rings. The third kappa shape index (κ3) is 20.2. The molecule has 0 amide bonds. The van der Waals surface area contributed by atoms with E-state index in [-0.39, 0.29) is 95.3 Å². The average Bonchev–Trinajstić information content (AvgIpc) is 0.834. The number of likely N-dealkylation sites (tertiary alicyclic amines) is 2. The summed E-state index contributed by atoms with van der Waals surface area (Å²) in [6.07, 6.45) is 12.2. The van der Waals surface area contributed by atoms with Crippen LogP contribution in [0.2, 0.25) is 15.5 Å². The molecule has 542 valence electrons. The van der Waals surface area contributed by atoms with E-state index < -0.39 is 63.1 Å². The monoisotopic (exact) mass is 1590 g/mol. The molecule has 0 spiro atoms. The average molecular weight is 1590 g/mol. The molecule has 102 heavy (non-hydrogen) atoms. The molecule has 5 N–H and O–H groups in total. The van der Waals surface area contributed by atoms with Crippen molar-refractivity contribution in [2.75, 3.05) is 49.8 Å². The second-order valence-electron chi connectivity index (χ2n) is 24.6. The lowest BCUT2D eigenvalue weighted by atomic mass is 9.72. The van der Waals surface area contributed by atoms with Gasteiger partial charge >= 0.3 is 17.9 Å². The second-order valence-corrected chi connectivity index (χ2v) is 29.0. The largest absolute Gasteiger partial charge is 0.481 e. The number of carbonyl (C=O) groups is 3. The normalized spacial score (nSPS) is 20.4. The Morgan fingerprint density at radius 3 is 1.25 bits per heavy atom. The Bertz CT molecular complexity index is 4310. The van der Waals surface area contributed by atoms with Crippen LogP contribution in [0.5, 0.6) is 0 Å². The van der Waals surface area contributed by atoms with Crippen molar-refractivity contribution in [3.05, 3.63) is 192 Å². The fourth-order valence-electron chi connectivity index (χ4n) is 12.6. The SMILES string of the molecule is CC1CC(Cc2nc(Nc3nccs3)ccc2F)(C(=O)O)CCN1Cc1ccnc(Cl)c1F.COC(=O)C1(Cc2nc(Nc3nccs3)ccc2F)CCN(Cc2ccnc(Cl)c2F)C(C)C1.COC(=O)C1(Cc2nc(Nc3nccs3)ccc2F)CCNC(C)C1.Fc1c(CBr)ccnc1Cl. The van der Waals surface area contributed by atoms with Gasteiger partial charge in [-0.25, -0.2) is 71.2 Å². The summed E-state index contributed by atoms with van der Waals surface area (Å²) in [5.74, 6) is -3.37. The molecule has 0 radical (unpaired) electrons. The maximum atomic E-state index is 14.8. The van der Waals surface area contributed by atoms with E-state index in [2.05, 4.69) is 87.0 Å². The summed E-state index contributed by atoms with van der Waals surface area (Å²) in [6.45, 7) is 8.07. The van der Waals surface area contributed by atoms with Crippen molar-refractivity contribution in [2.24, 2.45) is 16.2 Å². The Morgan fingerprint density at radius 1 is 0.539 bits per heavy atom. The highest BCUT2D eigenvalue weighted by molar-refractivity contribution is 9.08. The first-order valence-electron chi connectivity index (χ1n) is 31.9. The highest BCUT2D eigenvalue weighted by atomic mass is 79.9. The number of esters is 2. The molecule has 9 aromatic heterocycles. The van der Waals surface area contributed by atoms with Crippen LogP contribution >= 0.6 is 84.7 Å². The van der Waals surface area contributed by atoms with Crippen LogP contribution in [-0.4, -0.2) is 130 Å². The molecule has 0 aliphatic carbocycles. The summed E-state index contributed by atoms with van der Waals surface area (Å²) >= 11 is 24.3. The number of nitrogens with zero attached hydrogens (tertiary/aromatic N) is 11. The molecule has 12 rings (SSSR count). The number of nitrogens with one attached hydrogen (secondary N) is 4. The van der Waals surface area contributed by atoms with E-state index in [0.29, 0.717) is 107 Å². The van der Waals surface area contributed by atoms with Crippen molar-refractivity contribution < 1.29 is 55.3 Å². The molecule has 3 aliphatic heterocycles. The van der Waals surface area contributed by atoms with E-state index in [1.807, 2.05) is 36.4 Å². The Kier molecular flexibility index (Phi) is 27.9. The number of halogens is 10. The molecule has 0 saturated carbocycles. The summed E-state index contributed by atoms with van der Waals surface area (Å²) in [4.78, 5) is 78.4. The molecular formula is C68H71BrCl3F6N15O6S3. The predicted molar refractivity (Wildman–Crippen MR) is 384 cm³/mol. The van der Waals surface area contributed by atoms with Crippen LogP contribution in [0.1, 0.15) is 93.1 Å². The topological polar surface area (TPSA) is 261 Å². The highest BCUT2D eigenvalue weighted by Crippen LogP contribution is 2.43. The number of anilines is 6. The van der Waals surface area contributed by atoms with Gasteiger partial charge in [0, 0.05) is 126 Å². The molecule has 0 aromatic carbocycles. The number of carboxylic acids is 1. The van der Waals surface area contributed by atoms with Crippen molar-refractivity contribution in [3.63, 3.8) is 0 Å². The van der Waals surface area contributed by atoms with E-state index in [4.69, 9.17) is 44.3 Å². The van der Waals surface area contributed by atoms with E-state index >= 15 is 0 Å². The molecule has 21 nitrogen and oxygen atoms in total. The van der Waals surface area contributed by atoms with Crippen molar-refractivity contribution in [2.45, 2.75) is 115 Å². The van der Waals surface area contributed by atoms with E-state index in [1.54, 1.807) is 48.2 Å². The predicted octanol–water partition coefficient (Wildman–Crippen LogP) is 15.6. The van der Waals surface area contributed by atoms with Crippen LogP contribution in [0.4, 0.5) is 59.2 Å². The Morgan fingerprint density at radius 2 is 0.902 bits per heavy atom. The van der Waals surface area contributed by atoms with E-state index in [9.17, 15) is 45.8 Å². The molecule has 6 unspecified atom stereocenters. The zero-order chi connectivity index (χ0) is 73.3. The number of thiazole rings is 3. The quantitative estimate of drug-likeness (QED) is 0.0206. The standard InChI is InChI=1S/C23H24ClF2N5O2S.C22H22ClF2N5O2S.C17H21FN4O2S.C6H4BrClFN/c1-14-11-23(21(32)33-2,6-9-31(14)13-15-5-7-27-20(24)19(15)26)12-17-16(25)3-4-18(29-17)30-22-28-8-10-34-22;1-13-10-22(20(31)32,5-8-30(13)12-14-4-6-26-19(23)18(14)25)11-16-15(24)2-3-17(28-16)29-21-27-7-9-33-21;1-11-9-17(5-6-19-11,15(23)24-2)10-13-12(18)3-4-14(21-13)22-16-20-7-8-25-16;7-3-4-1-2-10-6(8)5(4)9/h3-5,7-8,10,14H,6,9,11-13H2,1-2H3,(H,28,29,30);2-4,6-7,9,13H,5,8,10-12H2,1H3,(H,31,32)(H,27,28,29);3-4,7-8,11,19H,5-6,9-10H2,1-2H3,(H,20,21,22);1-2H,3H2. The zero-order valence-electron chi connectivity index (χ0n) is 55.6. The number of ether oxygens (including phenoxy) is 2. The molecule has 3 saturated heterocycles. The van der Waals surface area contributed by atoms with Gasteiger partial charge in [0.1, 0.15) is 34.9 Å². The molecule has 6 atom stereocenters. The molecule has 9 aromatic rings. The zero-order valence-corrected chi connectivity index (χ0v) is 61.9. The number of pyridine rings is 6. The molecule has 34 heteroatoms. The number of aromatic nitrogens is 9. The van der Waals surface area contributed by atoms with Gasteiger partial charge in [0.2, 0.25) is 0 Å². The van der Waals surface area contributed by atoms with Crippen molar-refractivity contribution in [1.82, 2.24) is 60.0 Å². The summed E-state index contributed by atoms with van der Waals surface area (Å²) in [5.41, 5.74) is -0.991. The van der Waals surface area contributed by atoms with Crippen molar-refractivity contribution >= 4 is 135 Å². The van der Waals surface area contributed by atoms with Crippen molar-refractivity contribution in [1.29, 1.82) is 0 Å². The lowest BCUT2D eigenvalue weighted by Gasteiger charge is -2.44. The maximum absolute atomic E-state index is 14.8. The number of alkyl halides is 1. The van der Waals surface area contributed by atoms with Crippen LogP contribution in [0.3, 0.4) is 0 Å². The number of carboxylic acid groups (broad SMARTS) is 1.